The number of allylic oxidation sites excluding steroid dienone is 4. The van der Waals surface area contributed by atoms with Crippen LogP contribution < -0.4 is 5.43 Å². The first-order chi connectivity index (χ1) is 12.5. The number of rotatable bonds is 4. The molecular formula is C22H20O4. The van der Waals surface area contributed by atoms with Crippen molar-refractivity contribution in [2.24, 2.45) is 0 Å². The Kier molecular flexibility index (Phi) is 4.94. The van der Waals surface area contributed by atoms with Crippen molar-refractivity contribution in [2.75, 3.05) is 0 Å². The van der Waals surface area contributed by atoms with Gasteiger partial charge in [0.05, 0.1) is 0 Å². The highest BCUT2D eigenvalue weighted by Crippen LogP contribution is 2.32. The van der Waals surface area contributed by atoms with E-state index in [9.17, 15) is 15.0 Å². The number of hydrogen-bond acceptors (Lipinski definition) is 4. The van der Waals surface area contributed by atoms with Gasteiger partial charge in [-0.2, -0.15) is 0 Å². The standard InChI is InChI=1S/C22H20O4/c1-14(2)8-6-7-11-17-21(25)20-18(24)12-16(23)13-19(20)26-22(17)15-9-4-3-5-10-15/h3-10,12-13,23-24H,11H2,1-2H3/b7-6+. The summed E-state index contributed by atoms with van der Waals surface area (Å²) in [6.45, 7) is 3.99. The minimum absolute atomic E-state index is 0.0769. The van der Waals surface area contributed by atoms with Gasteiger partial charge in [0, 0.05) is 23.3 Å². The molecule has 4 heteroatoms. The maximum absolute atomic E-state index is 13.0. The second-order valence-electron chi connectivity index (χ2n) is 6.32. The van der Waals surface area contributed by atoms with Crippen LogP contribution in [-0.2, 0) is 6.42 Å². The van der Waals surface area contributed by atoms with Gasteiger partial charge in [-0.3, -0.25) is 4.79 Å². The molecular weight excluding hydrogens is 328 g/mol. The first kappa shape index (κ1) is 17.5. The number of hydrogen-bond donors (Lipinski definition) is 2. The predicted molar refractivity (Wildman–Crippen MR) is 104 cm³/mol. The Hall–Kier alpha value is -3.27. The summed E-state index contributed by atoms with van der Waals surface area (Å²) in [6.07, 6.45) is 6.10. The zero-order valence-electron chi connectivity index (χ0n) is 14.7. The number of phenols is 2. The van der Waals surface area contributed by atoms with Gasteiger partial charge < -0.3 is 14.6 Å². The molecule has 0 fully saturated rings. The Morgan fingerprint density at radius 3 is 2.54 bits per heavy atom. The zero-order valence-corrected chi connectivity index (χ0v) is 14.7. The molecule has 2 N–H and O–H groups in total. The number of benzene rings is 2. The van der Waals surface area contributed by atoms with Crippen LogP contribution in [0.15, 0.2) is 75.5 Å². The molecule has 0 atom stereocenters. The first-order valence-corrected chi connectivity index (χ1v) is 8.34. The summed E-state index contributed by atoms with van der Waals surface area (Å²) in [5, 5.41) is 19.9. The van der Waals surface area contributed by atoms with Crippen LogP contribution in [-0.4, -0.2) is 10.2 Å². The van der Waals surface area contributed by atoms with E-state index in [2.05, 4.69) is 0 Å². The fraction of sp³-hybridized carbons (Fsp3) is 0.136. The molecule has 3 rings (SSSR count). The van der Waals surface area contributed by atoms with E-state index in [1.807, 2.05) is 62.4 Å². The molecule has 0 radical (unpaired) electrons. The number of fused-ring (bicyclic) bond motifs is 1. The summed E-state index contributed by atoms with van der Waals surface area (Å²) in [6, 6.07) is 11.8. The Balaban J connectivity index is 2.25. The molecule has 0 aliphatic heterocycles. The smallest absolute Gasteiger partial charge is 0.200 e. The lowest BCUT2D eigenvalue weighted by Gasteiger charge is -2.10. The van der Waals surface area contributed by atoms with E-state index in [4.69, 9.17) is 4.42 Å². The van der Waals surface area contributed by atoms with Crippen molar-refractivity contribution in [1.29, 1.82) is 0 Å². The first-order valence-electron chi connectivity index (χ1n) is 8.34. The predicted octanol–water partition coefficient (Wildman–Crippen LogP) is 4.94. The van der Waals surface area contributed by atoms with Crippen LogP contribution in [0.3, 0.4) is 0 Å². The van der Waals surface area contributed by atoms with E-state index in [0.29, 0.717) is 17.7 Å². The van der Waals surface area contributed by atoms with Gasteiger partial charge in [-0.25, -0.2) is 0 Å². The second-order valence-corrected chi connectivity index (χ2v) is 6.32. The Morgan fingerprint density at radius 2 is 1.85 bits per heavy atom. The van der Waals surface area contributed by atoms with Crippen LogP contribution in [0, 0.1) is 0 Å². The van der Waals surface area contributed by atoms with Gasteiger partial charge in [-0.05, 0) is 20.3 Å². The van der Waals surface area contributed by atoms with Gasteiger partial charge in [0.2, 0.25) is 5.43 Å². The van der Waals surface area contributed by atoms with Crippen LogP contribution in [0.2, 0.25) is 0 Å². The normalized spacial score (nSPS) is 11.2. The van der Waals surface area contributed by atoms with Gasteiger partial charge in [-0.1, -0.05) is 54.1 Å². The third-order valence-electron chi connectivity index (χ3n) is 3.98. The van der Waals surface area contributed by atoms with E-state index in [-0.39, 0.29) is 27.9 Å². The molecule has 0 bridgehead atoms. The van der Waals surface area contributed by atoms with Gasteiger partial charge >= 0.3 is 0 Å². The summed E-state index contributed by atoms with van der Waals surface area (Å²) in [5.41, 5.74) is 2.24. The molecule has 132 valence electrons. The maximum Gasteiger partial charge on any atom is 0.200 e. The lowest BCUT2D eigenvalue weighted by atomic mass is 10.0. The second kappa shape index (κ2) is 7.31. The molecule has 2 aromatic carbocycles. The fourth-order valence-corrected chi connectivity index (χ4v) is 2.78. The topological polar surface area (TPSA) is 70.7 Å². The van der Waals surface area contributed by atoms with Crippen molar-refractivity contribution in [3.05, 3.63) is 82.1 Å². The fourth-order valence-electron chi connectivity index (χ4n) is 2.78. The van der Waals surface area contributed by atoms with E-state index in [0.717, 1.165) is 17.2 Å². The quantitative estimate of drug-likeness (QED) is 0.655. The minimum atomic E-state index is -0.301. The SMILES string of the molecule is CC(C)=C/C=C/Cc1c(-c2ccccc2)oc2cc(O)cc(O)c2c1=O. The van der Waals surface area contributed by atoms with Crippen LogP contribution in [0.1, 0.15) is 19.4 Å². The molecule has 1 aromatic heterocycles. The van der Waals surface area contributed by atoms with Crippen molar-refractivity contribution >= 4 is 11.0 Å². The van der Waals surface area contributed by atoms with Gasteiger partial charge in [0.1, 0.15) is 28.2 Å². The molecule has 0 saturated carbocycles. The molecule has 0 aliphatic rings. The average Bonchev–Trinajstić information content (AvgIpc) is 2.59. The maximum atomic E-state index is 13.0. The lowest BCUT2D eigenvalue weighted by Crippen LogP contribution is -2.11. The molecule has 4 nitrogen and oxygen atoms in total. The summed E-state index contributed by atoms with van der Waals surface area (Å²) in [5.74, 6) is -0.00814. The van der Waals surface area contributed by atoms with Crippen LogP contribution >= 0.6 is 0 Å². The molecule has 0 unspecified atom stereocenters. The van der Waals surface area contributed by atoms with Crippen molar-refractivity contribution in [3.63, 3.8) is 0 Å². The average molecular weight is 348 g/mol. The van der Waals surface area contributed by atoms with E-state index in [1.54, 1.807) is 0 Å². The van der Waals surface area contributed by atoms with Crippen LogP contribution in [0.4, 0.5) is 0 Å². The number of aromatic hydroxyl groups is 2. The van der Waals surface area contributed by atoms with Gasteiger partial charge in [0.25, 0.3) is 0 Å². The van der Waals surface area contributed by atoms with Gasteiger partial charge in [0.15, 0.2) is 0 Å². The molecule has 26 heavy (non-hydrogen) atoms. The van der Waals surface area contributed by atoms with Crippen molar-refractivity contribution in [1.82, 2.24) is 0 Å². The summed E-state index contributed by atoms with van der Waals surface area (Å²) in [4.78, 5) is 13.0. The van der Waals surface area contributed by atoms with Crippen molar-refractivity contribution in [3.8, 4) is 22.8 Å². The molecule has 3 aromatic rings. The largest absolute Gasteiger partial charge is 0.508 e. The summed E-state index contributed by atoms with van der Waals surface area (Å²) >= 11 is 0. The Bertz CT molecular complexity index is 1050. The van der Waals surface area contributed by atoms with E-state index < -0.39 is 0 Å². The Labute approximate surface area is 151 Å². The third-order valence-corrected chi connectivity index (χ3v) is 3.98. The molecule has 0 spiro atoms. The molecule has 0 amide bonds. The van der Waals surface area contributed by atoms with E-state index >= 15 is 0 Å². The van der Waals surface area contributed by atoms with Crippen molar-refractivity contribution < 1.29 is 14.6 Å². The minimum Gasteiger partial charge on any atom is -0.508 e. The summed E-state index contributed by atoms with van der Waals surface area (Å²) in [7, 11) is 0. The van der Waals surface area contributed by atoms with Gasteiger partial charge in [-0.15, -0.1) is 0 Å². The third kappa shape index (κ3) is 3.54. The molecule has 0 aliphatic carbocycles. The monoisotopic (exact) mass is 348 g/mol. The lowest BCUT2D eigenvalue weighted by molar-refractivity contribution is 0.452. The highest BCUT2D eigenvalue weighted by atomic mass is 16.3. The molecule has 0 saturated heterocycles. The van der Waals surface area contributed by atoms with E-state index in [1.165, 1.54) is 6.07 Å². The molecule has 1 heterocycles. The number of phenolic OH excluding ortho intramolecular Hbond substituents is 2. The highest BCUT2D eigenvalue weighted by Gasteiger charge is 2.18. The highest BCUT2D eigenvalue weighted by molar-refractivity contribution is 5.87. The Morgan fingerprint density at radius 1 is 1.12 bits per heavy atom. The van der Waals surface area contributed by atoms with Crippen LogP contribution in [0.5, 0.6) is 11.5 Å². The summed E-state index contributed by atoms with van der Waals surface area (Å²) < 4.78 is 5.93. The van der Waals surface area contributed by atoms with Crippen molar-refractivity contribution in [2.45, 2.75) is 20.3 Å². The zero-order chi connectivity index (χ0) is 18.7. The van der Waals surface area contributed by atoms with Crippen LogP contribution in [0.25, 0.3) is 22.3 Å².